The van der Waals surface area contributed by atoms with Crippen LogP contribution in [0.2, 0.25) is 5.02 Å². The van der Waals surface area contributed by atoms with Gasteiger partial charge in [0.25, 0.3) is 0 Å². The summed E-state index contributed by atoms with van der Waals surface area (Å²) in [6.45, 7) is 4.77. The molecule has 0 radical (unpaired) electrons. The van der Waals surface area contributed by atoms with Gasteiger partial charge in [0.1, 0.15) is 18.4 Å². The first-order valence-electron chi connectivity index (χ1n) is 10.5. The SMILES string of the molecule is CCCNC(=O)[C@@H](C)N(Cc1ccccc1F)C(=O)CN(c1cc(Cl)ccc1C)S(C)(=O)=O. The number of nitrogens with one attached hydrogen (secondary N) is 1. The second kappa shape index (κ2) is 11.5. The van der Waals surface area contributed by atoms with Crippen LogP contribution in [-0.4, -0.2) is 50.5 Å². The van der Waals surface area contributed by atoms with E-state index in [1.165, 1.54) is 36.1 Å². The van der Waals surface area contributed by atoms with Gasteiger partial charge in [0.15, 0.2) is 0 Å². The van der Waals surface area contributed by atoms with E-state index in [0.29, 0.717) is 23.6 Å². The molecule has 0 heterocycles. The van der Waals surface area contributed by atoms with Gasteiger partial charge in [0, 0.05) is 23.7 Å². The van der Waals surface area contributed by atoms with E-state index in [-0.39, 0.29) is 17.8 Å². The lowest BCUT2D eigenvalue weighted by Crippen LogP contribution is -2.51. The molecule has 0 spiro atoms. The van der Waals surface area contributed by atoms with Gasteiger partial charge in [0.2, 0.25) is 21.8 Å². The van der Waals surface area contributed by atoms with Gasteiger partial charge in [0.05, 0.1) is 11.9 Å². The standard InChI is InChI=1S/C23H29ClFN3O4S/c1-5-12-26-23(30)17(3)27(14-18-8-6-7-9-20(18)25)22(29)15-28(33(4,31)32)21-13-19(24)11-10-16(21)2/h6-11,13,17H,5,12,14-15H2,1-4H3,(H,26,30)/t17-/m1/s1. The molecule has 180 valence electrons. The number of halogens is 2. The fourth-order valence-corrected chi connectivity index (χ4v) is 4.30. The number of nitrogens with zero attached hydrogens (tertiary/aromatic N) is 2. The minimum atomic E-state index is -3.87. The van der Waals surface area contributed by atoms with Crippen LogP contribution in [0.4, 0.5) is 10.1 Å². The second-order valence-corrected chi connectivity index (χ2v) is 10.1. The zero-order valence-corrected chi connectivity index (χ0v) is 20.7. The Morgan fingerprint density at radius 1 is 1.18 bits per heavy atom. The second-order valence-electron chi connectivity index (χ2n) is 7.78. The third-order valence-electron chi connectivity index (χ3n) is 5.13. The zero-order valence-electron chi connectivity index (χ0n) is 19.1. The van der Waals surface area contributed by atoms with E-state index in [9.17, 15) is 22.4 Å². The number of hydrogen-bond donors (Lipinski definition) is 1. The highest BCUT2D eigenvalue weighted by atomic mass is 35.5. The highest BCUT2D eigenvalue weighted by Gasteiger charge is 2.31. The Labute approximate surface area is 199 Å². The van der Waals surface area contributed by atoms with Gasteiger partial charge in [-0.25, -0.2) is 12.8 Å². The van der Waals surface area contributed by atoms with E-state index in [0.717, 1.165) is 10.6 Å². The fraction of sp³-hybridized carbons (Fsp3) is 0.391. The molecule has 0 aliphatic heterocycles. The van der Waals surface area contributed by atoms with Crippen molar-refractivity contribution >= 4 is 39.1 Å². The lowest BCUT2D eigenvalue weighted by molar-refractivity contribution is -0.139. The van der Waals surface area contributed by atoms with Gasteiger partial charge < -0.3 is 10.2 Å². The summed E-state index contributed by atoms with van der Waals surface area (Å²) >= 11 is 6.06. The average molecular weight is 498 g/mol. The van der Waals surface area contributed by atoms with Crippen molar-refractivity contribution in [1.82, 2.24) is 10.2 Å². The molecule has 2 amide bonds. The normalized spacial score (nSPS) is 12.2. The van der Waals surface area contributed by atoms with Gasteiger partial charge in [-0.05, 0) is 44.0 Å². The lowest BCUT2D eigenvalue weighted by Gasteiger charge is -2.32. The summed E-state index contributed by atoms with van der Waals surface area (Å²) in [5.41, 5.74) is 1.07. The van der Waals surface area contributed by atoms with Crippen molar-refractivity contribution in [2.75, 3.05) is 23.7 Å². The minimum Gasteiger partial charge on any atom is -0.354 e. The van der Waals surface area contributed by atoms with Gasteiger partial charge >= 0.3 is 0 Å². The molecule has 10 heteroatoms. The summed E-state index contributed by atoms with van der Waals surface area (Å²) in [4.78, 5) is 27.2. The quantitative estimate of drug-likeness (QED) is 0.544. The molecule has 0 saturated heterocycles. The number of benzene rings is 2. The maximum absolute atomic E-state index is 14.3. The van der Waals surface area contributed by atoms with E-state index in [1.54, 1.807) is 25.1 Å². The van der Waals surface area contributed by atoms with Crippen molar-refractivity contribution in [3.8, 4) is 0 Å². The van der Waals surface area contributed by atoms with E-state index in [2.05, 4.69) is 5.32 Å². The van der Waals surface area contributed by atoms with Crippen LogP contribution < -0.4 is 9.62 Å². The number of sulfonamides is 1. The van der Waals surface area contributed by atoms with Crippen LogP contribution in [0, 0.1) is 12.7 Å². The molecule has 2 rings (SSSR count). The largest absolute Gasteiger partial charge is 0.354 e. The molecule has 0 aliphatic rings. The van der Waals surface area contributed by atoms with Crippen molar-refractivity contribution in [3.05, 3.63) is 64.4 Å². The Morgan fingerprint density at radius 2 is 1.85 bits per heavy atom. The molecule has 0 aromatic heterocycles. The number of hydrogen-bond acceptors (Lipinski definition) is 4. The predicted molar refractivity (Wildman–Crippen MR) is 128 cm³/mol. The number of carbonyl (C=O) groups excluding carboxylic acids is 2. The summed E-state index contributed by atoms with van der Waals surface area (Å²) in [7, 11) is -3.87. The van der Waals surface area contributed by atoms with E-state index in [1.807, 2.05) is 6.92 Å². The van der Waals surface area contributed by atoms with E-state index in [4.69, 9.17) is 11.6 Å². The van der Waals surface area contributed by atoms with Crippen molar-refractivity contribution in [1.29, 1.82) is 0 Å². The Bertz CT molecular complexity index is 1110. The van der Waals surface area contributed by atoms with Gasteiger partial charge in [-0.2, -0.15) is 0 Å². The van der Waals surface area contributed by atoms with Crippen LogP contribution in [0.15, 0.2) is 42.5 Å². The topological polar surface area (TPSA) is 86.8 Å². The van der Waals surface area contributed by atoms with Crippen molar-refractivity contribution < 1.29 is 22.4 Å². The predicted octanol–water partition coefficient (Wildman–Crippen LogP) is 3.50. The molecule has 0 aliphatic carbocycles. The Kier molecular flexibility index (Phi) is 9.25. The highest BCUT2D eigenvalue weighted by molar-refractivity contribution is 7.92. The monoisotopic (exact) mass is 497 g/mol. The fourth-order valence-electron chi connectivity index (χ4n) is 3.23. The first-order valence-corrected chi connectivity index (χ1v) is 12.7. The molecule has 0 unspecified atom stereocenters. The number of rotatable bonds is 10. The zero-order chi connectivity index (χ0) is 24.8. The molecule has 2 aromatic rings. The van der Waals surface area contributed by atoms with Crippen LogP contribution in [-0.2, 0) is 26.2 Å². The van der Waals surface area contributed by atoms with E-state index < -0.39 is 40.2 Å². The summed E-state index contributed by atoms with van der Waals surface area (Å²) in [5.74, 6) is -1.59. The molecule has 0 saturated carbocycles. The van der Waals surface area contributed by atoms with Gasteiger partial charge in [-0.3, -0.25) is 13.9 Å². The molecular weight excluding hydrogens is 469 g/mol. The molecule has 33 heavy (non-hydrogen) atoms. The van der Waals surface area contributed by atoms with Crippen LogP contribution >= 0.6 is 11.6 Å². The number of carbonyl (C=O) groups is 2. The van der Waals surface area contributed by atoms with Crippen LogP contribution in [0.5, 0.6) is 0 Å². The number of aryl methyl sites for hydroxylation is 1. The summed E-state index contributed by atoms with van der Waals surface area (Å²) in [5, 5.41) is 3.04. The lowest BCUT2D eigenvalue weighted by atomic mass is 10.1. The summed E-state index contributed by atoms with van der Waals surface area (Å²) in [6.07, 6.45) is 1.69. The highest BCUT2D eigenvalue weighted by Crippen LogP contribution is 2.26. The molecule has 2 aromatic carbocycles. The summed E-state index contributed by atoms with van der Waals surface area (Å²) < 4.78 is 40.4. The number of anilines is 1. The molecule has 0 fully saturated rings. The Balaban J connectivity index is 2.43. The molecule has 1 atom stereocenters. The molecular formula is C23H29ClFN3O4S. The van der Waals surface area contributed by atoms with Crippen LogP contribution in [0.1, 0.15) is 31.4 Å². The maximum atomic E-state index is 14.3. The van der Waals surface area contributed by atoms with Gasteiger partial charge in [-0.15, -0.1) is 0 Å². The molecule has 0 bridgehead atoms. The third-order valence-corrected chi connectivity index (χ3v) is 6.50. The first-order chi connectivity index (χ1) is 15.5. The maximum Gasteiger partial charge on any atom is 0.244 e. The van der Waals surface area contributed by atoms with Gasteiger partial charge in [-0.1, -0.05) is 42.8 Å². The van der Waals surface area contributed by atoms with Crippen LogP contribution in [0.25, 0.3) is 0 Å². The van der Waals surface area contributed by atoms with Crippen molar-refractivity contribution in [2.45, 2.75) is 39.8 Å². The Morgan fingerprint density at radius 3 is 2.45 bits per heavy atom. The number of amides is 2. The summed E-state index contributed by atoms with van der Waals surface area (Å²) in [6, 6.07) is 9.71. The van der Waals surface area contributed by atoms with Crippen LogP contribution in [0.3, 0.4) is 0 Å². The first kappa shape index (κ1) is 26.6. The average Bonchev–Trinajstić information content (AvgIpc) is 2.75. The smallest absolute Gasteiger partial charge is 0.244 e. The van der Waals surface area contributed by atoms with E-state index >= 15 is 0 Å². The Hall–Kier alpha value is -2.65. The molecule has 1 N–H and O–H groups in total. The van der Waals surface area contributed by atoms with Crippen molar-refractivity contribution in [3.63, 3.8) is 0 Å². The minimum absolute atomic E-state index is 0.196. The molecule has 7 nitrogen and oxygen atoms in total. The van der Waals surface area contributed by atoms with Crippen molar-refractivity contribution in [2.24, 2.45) is 0 Å². The third kappa shape index (κ3) is 7.17.